The van der Waals surface area contributed by atoms with Gasteiger partial charge in [0.1, 0.15) is 11.9 Å². The van der Waals surface area contributed by atoms with Crippen LogP contribution in [0.25, 0.3) is 0 Å². The van der Waals surface area contributed by atoms with E-state index in [9.17, 15) is 4.79 Å². The lowest BCUT2D eigenvalue weighted by molar-refractivity contribution is -0.122. The number of pyridine rings is 1. The van der Waals surface area contributed by atoms with Gasteiger partial charge in [-0.1, -0.05) is 11.6 Å². The number of hydrogen-bond donors (Lipinski definition) is 3. The number of hydrogen-bond acceptors (Lipinski definition) is 4. The highest BCUT2D eigenvalue weighted by Crippen LogP contribution is 2.21. The zero-order chi connectivity index (χ0) is 13.9. The topological polar surface area (TPSA) is 80.0 Å². The first-order valence-corrected chi connectivity index (χ1v) is 6.06. The highest BCUT2D eigenvalue weighted by molar-refractivity contribution is 6.33. The Balaban J connectivity index is 2.69. The number of carbonyl (C=O) groups excluding carboxylic acids is 1. The van der Waals surface area contributed by atoms with Gasteiger partial charge in [-0.15, -0.1) is 0 Å². The number of aromatic nitrogens is 1. The van der Waals surface area contributed by atoms with Crippen LogP contribution in [0.3, 0.4) is 0 Å². The normalized spacial score (nSPS) is 12.9. The number of carbonyl (C=O) groups is 1. The largest absolute Gasteiger partial charge is 0.397 e. The van der Waals surface area contributed by atoms with Crippen LogP contribution in [0.2, 0.25) is 5.02 Å². The van der Waals surface area contributed by atoms with Gasteiger partial charge in [-0.3, -0.25) is 4.79 Å². The molecule has 1 aromatic rings. The predicted octanol–water partition coefficient (Wildman–Crippen LogP) is 2.03. The van der Waals surface area contributed by atoms with Crippen molar-refractivity contribution in [2.75, 3.05) is 11.1 Å². The first-order chi connectivity index (χ1) is 8.19. The Morgan fingerprint density at radius 3 is 2.61 bits per heavy atom. The molecule has 0 spiro atoms. The van der Waals surface area contributed by atoms with Gasteiger partial charge >= 0.3 is 0 Å². The minimum atomic E-state index is -0.433. The van der Waals surface area contributed by atoms with Gasteiger partial charge in [0.15, 0.2) is 0 Å². The lowest BCUT2D eigenvalue weighted by Crippen LogP contribution is -2.47. The van der Waals surface area contributed by atoms with Crippen LogP contribution in [0.4, 0.5) is 11.5 Å². The van der Waals surface area contributed by atoms with E-state index >= 15 is 0 Å². The van der Waals surface area contributed by atoms with Crippen LogP contribution < -0.4 is 16.4 Å². The average Bonchev–Trinajstić information content (AvgIpc) is 2.19. The average molecular weight is 271 g/mol. The van der Waals surface area contributed by atoms with Gasteiger partial charge in [-0.05, 0) is 33.8 Å². The third-order valence-corrected chi connectivity index (χ3v) is 2.40. The molecule has 100 valence electrons. The molecule has 4 N–H and O–H groups in total. The molecule has 5 nitrogen and oxygen atoms in total. The lowest BCUT2D eigenvalue weighted by atomic mass is 10.1. The van der Waals surface area contributed by atoms with Crippen molar-refractivity contribution in [1.29, 1.82) is 0 Å². The van der Waals surface area contributed by atoms with E-state index in [4.69, 9.17) is 17.3 Å². The number of nitrogens with zero attached hydrogens (tertiary/aromatic N) is 1. The number of anilines is 2. The first-order valence-electron chi connectivity index (χ1n) is 5.68. The minimum Gasteiger partial charge on any atom is -0.397 e. The van der Waals surface area contributed by atoms with Crippen molar-refractivity contribution in [3.8, 4) is 0 Å². The number of amides is 1. The molecular formula is C12H19ClN4O. The Hall–Kier alpha value is -1.49. The maximum Gasteiger partial charge on any atom is 0.242 e. The second-order valence-electron chi connectivity index (χ2n) is 5.20. The molecule has 0 saturated heterocycles. The fourth-order valence-corrected chi connectivity index (χ4v) is 1.54. The molecule has 0 aromatic carbocycles. The number of nitrogen functional groups attached to an aromatic ring is 1. The molecule has 0 fully saturated rings. The van der Waals surface area contributed by atoms with Crippen LogP contribution in [-0.4, -0.2) is 22.5 Å². The number of halogens is 1. The van der Waals surface area contributed by atoms with E-state index in [2.05, 4.69) is 15.6 Å². The quantitative estimate of drug-likeness (QED) is 0.785. The van der Waals surface area contributed by atoms with Crippen LogP contribution in [0.5, 0.6) is 0 Å². The molecule has 1 atom stereocenters. The Morgan fingerprint density at radius 2 is 2.11 bits per heavy atom. The van der Waals surface area contributed by atoms with Crippen LogP contribution in [0.15, 0.2) is 12.3 Å². The molecule has 1 rings (SSSR count). The van der Waals surface area contributed by atoms with E-state index in [1.54, 1.807) is 13.0 Å². The van der Waals surface area contributed by atoms with Crippen molar-refractivity contribution in [3.63, 3.8) is 0 Å². The van der Waals surface area contributed by atoms with Gasteiger partial charge in [-0.2, -0.15) is 0 Å². The van der Waals surface area contributed by atoms with Crippen molar-refractivity contribution in [2.24, 2.45) is 0 Å². The number of rotatable bonds is 3. The van der Waals surface area contributed by atoms with Crippen LogP contribution >= 0.6 is 11.6 Å². The molecule has 6 heteroatoms. The zero-order valence-electron chi connectivity index (χ0n) is 11.0. The number of nitrogens with one attached hydrogen (secondary N) is 2. The zero-order valence-corrected chi connectivity index (χ0v) is 11.8. The lowest BCUT2D eigenvalue weighted by Gasteiger charge is -2.24. The second-order valence-corrected chi connectivity index (χ2v) is 5.61. The van der Waals surface area contributed by atoms with E-state index in [0.717, 1.165) is 0 Å². The molecular weight excluding hydrogens is 252 g/mol. The third-order valence-electron chi connectivity index (χ3n) is 2.11. The summed E-state index contributed by atoms with van der Waals surface area (Å²) in [4.78, 5) is 15.9. The highest BCUT2D eigenvalue weighted by Gasteiger charge is 2.20. The first kappa shape index (κ1) is 14.6. The Bertz CT molecular complexity index is 442. The van der Waals surface area contributed by atoms with Crippen LogP contribution in [0.1, 0.15) is 27.7 Å². The molecule has 1 heterocycles. The van der Waals surface area contributed by atoms with Crippen molar-refractivity contribution in [2.45, 2.75) is 39.3 Å². The van der Waals surface area contributed by atoms with Crippen molar-refractivity contribution >= 4 is 29.0 Å². The highest BCUT2D eigenvalue weighted by atomic mass is 35.5. The second kappa shape index (κ2) is 5.44. The van der Waals surface area contributed by atoms with Gasteiger partial charge in [0, 0.05) is 5.54 Å². The number of nitrogens with two attached hydrogens (primary N) is 1. The maximum atomic E-state index is 11.9. The van der Waals surface area contributed by atoms with Gasteiger partial charge in [0.2, 0.25) is 5.91 Å². The van der Waals surface area contributed by atoms with Gasteiger partial charge in [0.25, 0.3) is 0 Å². The van der Waals surface area contributed by atoms with E-state index in [1.165, 1.54) is 6.20 Å². The standard InChI is InChI=1S/C12H19ClN4O/c1-7(11(18)17-12(2,3)4)16-10-9(13)5-8(14)6-15-10/h5-7H,14H2,1-4H3,(H,15,16)(H,17,18). The Kier molecular flexibility index (Phi) is 4.40. The molecule has 1 amide bonds. The molecule has 0 aliphatic heterocycles. The molecule has 0 radical (unpaired) electrons. The SMILES string of the molecule is CC(Nc1ncc(N)cc1Cl)C(=O)NC(C)(C)C. The predicted molar refractivity (Wildman–Crippen MR) is 74.6 cm³/mol. The summed E-state index contributed by atoms with van der Waals surface area (Å²) in [5.41, 5.74) is 5.76. The summed E-state index contributed by atoms with van der Waals surface area (Å²) < 4.78 is 0. The van der Waals surface area contributed by atoms with Crippen molar-refractivity contribution in [1.82, 2.24) is 10.3 Å². The third kappa shape index (κ3) is 4.41. The van der Waals surface area contributed by atoms with E-state index in [-0.39, 0.29) is 11.4 Å². The minimum absolute atomic E-state index is 0.114. The summed E-state index contributed by atoms with van der Waals surface area (Å²) in [5.74, 6) is 0.333. The molecule has 1 unspecified atom stereocenters. The fourth-order valence-electron chi connectivity index (χ4n) is 1.31. The van der Waals surface area contributed by atoms with Crippen LogP contribution in [-0.2, 0) is 4.79 Å². The van der Waals surface area contributed by atoms with E-state index in [0.29, 0.717) is 16.5 Å². The smallest absolute Gasteiger partial charge is 0.242 e. The van der Waals surface area contributed by atoms with E-state index in [1.807, 2.05) is 20.8 Å². The molecule has 0 bridgehead atoms. The van der Waals surface area contributed by atoms with Gasteiger partial charge < -0.3 is 16.4 Å². The summed E-state index contributed by atoms with van der Waals surface area (Å²) >= 11 is 5.97. The molecule has 0 aliphatic carbocycles. The van der Waals surface area contributed by atoms with Crippen molar-refractivity contribution in [3.05, 3.63) is 17.3 Å². The van der Waals surface area contributed by atoms with Crippen LogP contribution in [0, 0.1) is 0 Å². The summed E-state index contributed by atoms with van der Waals surface area (Å²) in [6.07, 6.45) is 1.49. The fraction of sp³-hybridized carbons (Fsp3) is 0.500. The van der Waals surface area contributed by atoms with Gasteiger partial charge in [-0.25, -0.2) is 4.98 Å². The summed E-state index contributed by atoms with van der Waals surface area (Å²) in [6.45, 7) is 7.51. The van der Waals surface area contributed by atoms with E-state index < -0.39 is 6.04 Å². The monoisotopic (exact) mass is 270 g/mol. The Labute approximate surface area is 112 Å². The molecule has 0 saturated carbocycles. The van der Waals surface area contributed by atoms with Crippen molar-refractivity contribution < 1.29 is 4.79 Å². The molecule has 0 aliphatic rings. The Morgan fingerprint density at radius 1 is 1.50 bits per heavy atom. The summed E-state index contributed by atoms with van der Waals surface area (Å²) in [6, 6.07) is 1.16. The summed E-state index contributed by atoms with van der Waals surface area (Å²) in [5, 5.41) is 6.22. The maximum absolute atomic E-state index is 11.9. The molecule has 1 aromatic heterocycles. The molecule has 18 heavy (non-hydrogen) atoms. The summed E-state index contributed by atoms with van der Waals surface area (Å²) in [7, 11) is 0. The van der Waals surface area contributed by atoms with Gasteiger partial charge in [0.05, 0.1) is 16.9 Å².